The molecule has 20 heavy (non-hydrogen) atoms. The van der Waals surface area contributed by atoms with Crippen LogP contribution in [-0.2, 0) is 12.8 Å². The zero-order valence-corrected chi connectivity index (χ0v) is 12.7. The highest BCUT2D eigenvalue weighted by Gasteiger charge is 2.07. The van der Waals surface area contributed by atoms with Gasteiger partial charge in [-0.2, -0.15) is 4.99 Å². The molecular formula is C15H20N4S. The minimum Gasteiger partial charge on any atom is -0.369 e. The number of nitrogens with zero attached hydrogens (tertiary/aromatic N) is 1. The number of para-hydroxylation sites is 1. The number of thiocarbonyl (C=S) groups is 1. The van der Waals surface area contributed by atoms with Gasteiger partial charge in [0.05, 0.1) is 6.54 Å². The monoisotopic (exact) mass is 288 g/mol. The van der Waals surface area contributed by atoms with Crippen molar-refractivity contribution in [3.8, 4) is 12.3 Å². The SMILES string of the molecule is C#CCNC(=S)N=C(N)Nc1c(CC)cccc1CC. The van der Waals surface area contributed by atoms with E-state index in [-0.39, 0.29) is 11.1 Å². The maximum atomic E-state index is 5.89. The van der Waals surface area contributed by atoms with Gasteiger partial charge in [0.2, 0.25) is 5.96 Å². The number of hydrogen-bond donors (Lipinski definition) is 3. The zero-order chi connectivity index (χ0) is 15.0. The van der Waals surface area contributed by atoms with Crippen molar-refractivity contribution in [1.82, 2.24) is 5.32 Å². The van der Waals surface area contributed by atoms with E-state index in [0.717, 1.165) is 18.5 Å². The van der Waals surface area contributed by atoms with Gasteiger partial charge in [-0.25, -0.2) is 0 Å². The summed E-state index contributed by atoms with van der Waals surface area (Å²) in [5, 5.41) is 6.21. The average Bonchev–Trinajstić information content (AvgIpc) is 2.45. The third-order valence-corrected chi connectivity index (χ3v) is 3.05. The number of aliphatic imine (C=N–C) groups is 1. The fourth-order valence-electron chi connectivity index (χ4n) is 1.83. The molecule has 0 radical (unpaired) electrons. The molecule has 0 saturated carbocycles. The summed E-state index contributed by atoms with van der Waals surface area (Å²) >= 11 is 5.02. The molecule has 0 aromatic heterocycles. The number of aryl methyl sites for hydroxylation is 2. The van der Waals surface area contributed by atoms with Crippen LogP contribution >= 0.6 is 12.2 Å². The Morgan fingerprint density at radius 2 is 1.95 bits per heavy atom. The first-order valence-corrected chi connectivity index (χ1v) is 6.96. The summed E-state index contributed by atoms with van der Waals surface area (Å²) in [6.45, 7) is 4.54. The van der Waals surface area contributed by atoms with Gasteiger partial charge in [-0.15, -0.1) is 6.42 Å². The van der Waals surface area contributed by atoms with Gasteiger partial charge < -0.3 is 16.4 Å². The molecule has 1 aromatic carbocycles. The quantitative estimate of drug-likeness (QED) is 0.343. The van der Waals surface area contributed by atoms with E-state index in [4.69, 9.17) is 24.4 Å². The summed E-state index contributed by atoms with van der Waals surface area (Å²) in [4.78, 5) is 4.07. The molecule has 4 N–H and O–H groups in total. The first-order chi connectivity index (χ1) is 9.62. The topological polar surface area (TPSA) is 62.4 Å². The number of hydrogen-bond acceptors (Lipinski definition) is 1. The Morgan fingerprint density at radius 3 is 2.45 bits per heavy atom. The Bertz CT molecular complexity index is 521. The zero-order valence-electron chi connectivity index (χ0n) is 11.9. The van der Waals surface area contributed by atoms with Crippen molar-refractivity contribution in [2.45, 2.75) is 26.7 Å². The van der Waals surface area contributed by atoms with Crippen molar-refractivity contribution in [3.63, 3.8) is 0 Å². The number of anilines is 1. The normalized spacial score (nSPS) is 10.8. The molecule has 0 heterocycles. The summed E-state index contributed by atoms with van der Waals surface area (Å²) in [5.41, 5.74) is 9.30. The molecule has 0 amide bonds. The molecule has 106 valence electrons. The number of terminal acetylenes is 1. The van der Waals surface area contributed by atoms with E-state index in [9.17, 15) is 0 Å². The van der Waals surface area contributed by atoms with Gasteiger partial charge in [0, 0.05) is 5.69 Å². The van der Waals surface area contributed by atoms with Crippen molar-refractivity contribution in [2.75, 3.05) is 11.9 Å². The first kappa shape index (κ1) is 16.0. The minimum atomic E-state index is 0.259. The summed E-state index contributed by atoms with van der Waals surface area (Å²) in [5.74, 6) is 2.69. The van der Waals surface area contributed by atoms with Crippen molar-refractivity contribution in [1.29, 1.82) is 0 Å². The van der Waals surface area contributed by atoms with E-state index in [1.807, 2.05) is 0 Å². The molecule has 0 atom stereocenters. The van der Waals surface area contributed by atoms with Crippen LogP contribution in [0.15, 0.2) is 23.2 Å². The minimum absolute atomic E-state index is 0.259. The number of rotatable bonds is 4. The Balaban J connectivity index is 2.90. The first-order valence-electron chi connectivity index (χ1n) is 6.55. The number of nitrogens with one attached hydrogen (secondary N) is 2. The van der Waals surface area contributed by atoms with Gasteiger partial charge >= 0.3 is 0 Å². The largest absolute Gasteiger partial charge is 0.369 e. The van der Waals surface area contributed by atoms with E-state index in [2.05, 4.69) is 53.6 Å². The van der Waals surface area contributed by atoms with Crippen LogP contribution < -0.4 is 16.4 Å². The third-order valence-electron chi connectivity index (χ3n) is 2.82. The Morgan fingerprint density at radius 1 is 1.35 bits per heavy atom. The van der Waals surface area contributed by atoms with Crippen molar-refractivity contribution >= 4 is 29.0 Å². The van der Waals surface area contributed by atoms with Crippen LogP contribution in [0.3, 0.4) is 0 Å². The molecule has 0 unspecified atom stereocenters. The molecular weight excluding hydrogens is 268 g/mol. The van der Waals surface area contributed by atoms with Crippen molar-refractivity contribution in [3.05, 3.63) is 29.3 Å². The number of nitrogens with two attached hydrogens (primary N) is 1. The van der Waals surface area contributed by atoms with Gasteiger partial charge in [0.25, 0.3) is 0 Å². The molecule has 0 aliphatic carbocycles. The molecule has 0 saturated heterocycles. The molecule has 4 nitrogen and oxygen atoms in total. The predicted octanol–water partition coefficient (Wildman–Crippen LogP) is 2.05. The van der Waals surface area contributed by atoms with Crippen LogP contribution in [0.25, 0.3) is 0 Å². The highest BCUT2D eigenvalue weighted by atomic mass is 32.1. The second-order valence-electron chi connectivity index (χ2n) is 4.14. The molecule has 0 aliphatic rings. The summed E-state index contributed by atoms with van der Waals surface area (Å²) in [6.07, 6.45) is 6.98. The summed E-state index contributed by atoms with van der Waals surface area (Å²) in [6, 6.07) is 6.20. The van der Waals surface area contributed by atoms with Gasteiger partial charge in [0.15, 0.2) is 5.11 Å². The Kier molecular flexibility index (Phi) is 6.54. The highest BCUT2D eigenvalue weighted by Crippen LogP contribution is 2.22. The fraction of sp³-hybridized carbons (Fsp3) is 0.333. The maximum Gasteiger partial charge on any atom is 0.200 e. The second kappa shape index (κ2) is 8.18. The lowest BCUT2D eigenvalue weighted by Crippen LogP contribution is -2.29. The molecule has 1 rings (SSSR count). The lowest BCUT2D eigenvalue weighted by Gasteiger charge is -2.14. The fourth-order valence-corrected chi connectivity index (χ4v) is 2.01. The van der Waals surface area contributed by atoms with Crippen LogP contribution in [-0.4, -0.2) is 17.6 Å². The van der Waals surface area contributed by atoms with E-state index in [0.29, 0.717) is 6.54 Å². The number of guanidine groups is 1. The molecule has 0 fully saturated rings. The van der Waals surface area contributed by atoms with Gasteiger partial charge in [-0.05, 0) is 36.2 Å². The third kappa shape index (κ3) is 4.56. The van der Waals surface area contributed by atoms with Crippen LogP contribution in [0.5, 0.6) is 0 Å². The van der Waals surface area contributed by atoms with E-state index >= 15 is 0 Å². The smallest absolute Gasteiger partial charge is 0.200 e. The van der Waals surface area contributed by atoms with E-state index < -0.39 is 0 Å². The van der Waals surface area contributed by atoms with Crippen LogP contribution in [0, 0.1) is 12.3 Å². The summed E-state index contributed by atoms with van der Waals surface area (Å²) in [7, 11) is 0. The predicted molar refractivity (Wildman–Crippen MR) is 89.9 cm³/mol. The molecule has 1 aromatic rings. The van der Waals surface area contributed by atoms with Crippen LogP contribution in [0.2, 0.25) is 0 Å². The van der Waals surface area contributed by atoms with E-state index in [1.54, 1.807) is 0 Å². The number of benzene rings is 1. The van der Waals surface area contributed by atoms with E-state index in [1.165, 1.54) is 11.1 Å². The van der Waals surface area contributed by atoms with Crippen LogP contribution in [0.4, 0.5) is 5.69 Å². The van der Waals surface area contributed by atoms with Gasteiger partial charge in [-0.3, -0.25) is 0 Å². The lowest BCUT2D eigenvalue weighted by atomic mass is 10.0. The maximum absolute atomic E-state index is 5.89. The van der Waals surface area contributed by atoms with Gasteiger partial charge in [-0.1, -0.05) is 38.0 Å². The van der Waals surface area contributed by atoms with Crippen molar-refractivity contribution in [2.24, 2.45) is 10.7 Å². The average molecular weight is 288 g/mol. The molecule has 0 bridgehead atoms. The van der Waals surface area contributed by atoms with Gasteiger partial charge in [0.1, 0.15) is 0 Å². The molecule has 0 spiro atoms. The molecule has 0 aliphatic heterocycles. The standard InChI is InChI=1S/C15H20N4S/c1-4-10-17-15(20)19-14(16)18-13-11(5-2)8-7-9-12(13)6-3/h1,7-9H,5-6,10H2,2-3H3,(H4,16,17,18,19,20). The second-order valence-corrected chi connectivity index (χ2v) is 4.53. The van der Waals surface area contributed by atoms with Crippen molar-refractivity contribution < 1.29 is 0 Å². The molecule has 5 heteroatoms. The summed E-state index contributed by atoms with van der Waals surface area (Å²) < 4.78 is 0. The lowest BCUT2D eigenvalue weighted by molar-refractivity contribution is 1.07. The highest BCUT2D eigenvalue weighted by molar-refractivity contribution is 7.80. The van der Waals surface area contributed by atoms with Crippen LogP contribution in [0.1, 0.15) is 25.0 Å². The Hall–Kier alpha value is -2.06. The Labute approximate surface area is 125 Å².